The summed E-state index contributed by atoms with van der Waals surface area (Å²) >= 11 is 0. The van der Waals surface area contributed by atoms with E-state index in [0.717, 1.165) is 206 Å². The number of benzene rings is 18. The van der Waals surface area contributed by atoms with Crippen LogP contribution in [0.1, 0.15) is 158 Å². The van der Waals surface area contributed by atoms with Crippen LogP contribution in [0.5, 0.6) is 0 Å². The van der Waals surface area contributed by atoms with Crippen LogP contribution in [-0.4, -0.2) is 15.8 Å². The SMILES string of the molecule is CC(C)(C)c1ccc(N(c2ccc(C(C)(C)C)cc2)c2ccc3c(c2)N(c2c(-c4ccccc4)cc(C(C)(C)C)c4oc5ccccc5c24)c2cc(-c4c(-n5c6ccccc6c6ccccc65)cccc4-n4c5ccccc5c5ccccc54)cc4c2B3c2ccc(N(c3ccc(C(C)(C)C)cc3)c3ccc(C(C)(C)C)cc3)cc2N4c2c(-c3ccccc3)cc(C(C)(C)C)c3oc4ccccc4c23)cc1. The Bertz CT molecular complexity index is 8050. The number of fused-ring (bicyclic) bond motifs is 16. The summed E-state index contributed by atoms with van der Waals surface area (Å²) < 4.78 is 20.6. The summed E-state index contributed by atoms with van der Waals surface area (Å²) in [5, 5.41) is 8.76. The summed E-state index contributed by atoms with van der Waals surface area (Å²) in [6.07, 6.45) is 0. The van der Waals surface area contributed by atoms with Crippen molar-refractivity contribution >= 4 is 179 Å². The van der Waals surface area contributed by atoms with E-state index in [0.29, 0.717) is 0 Å². The third-order valence-electron chi connectivity index (χ3n) is 29.9. The molecule has 9 heteroatoms. The molecule has 0 spiro atoms. The van der Waals surface area contributed by atoms with Gasteiger partial charge in [-0.05, 0) is 233 Å². The van der Waals surface area contributed by atoms with Gasteiger partial charge in [-0.3, -0.25) is 0 Å². The summed E-state index contributed by atoms with van der Waals surface area (Å²) in [5.41, 5.74) is 37.7. The van der Waals surface area contributed by atoms with Gasteiger partial charge in [-0.1, -0.05) is 361 Å². The molecule has 690 valence electrons. The average molecular weight is 1830 g/mol. The van der Waals surface area contributed by atoms with Crippen molar-refractivity contribution in [2.75, 3.05) is 19.6 Å². The van der Waals surface area contributed by atoms with E-state index in [1.807, 2.05) is 0 Å². The van der Waals surface area contributed by atoms with Crippen molar-refractivity contribution in [3.05, 3.63) is 416 Å². The molecule has 0 unspecified atom stereocenters. The maximum absolute atomic E-state index is 7.73. The van der Waals surface area contributed by atoms with Crippen LogP contribution in [0.2, 0.25) is 0 Å². The molecule has 0 radical (unpaired) electrons. The van der Waals surface area contributed by atoms with Crippen molar-refractivity contribution in [3.63, 3.8) is 0 Å². The molecule has 0 amide bonds. The van der Waals surface area contributed by atoms with Gasteiger partial charge in [-0.2, -0.15) is 0 Å². The molecule has 22 aromatic rings. The predicted molar refractivity (Wildman–Crippen MR) is 602 cm³/mol. The Morgan fingerprint density at radius 3 is 0.837 bits per heavy atom. The lowest BCUT2D eigenvalue weighted by Gasteiger charge is -2.46. The molecule has 0 saturated carbocycles. The fourth-order valence-electron chi connectivity index (χ4n) is 22.8. The molecule has 4 aromatic heterocycles. The third-order valence-corrected chi connectivity index (χ3v) is 29.9. The van der Waals surface area contributed by atoms with Gasteiger partial charge in [0.15, 0.2) is 0 Å². The normalized spacial score (nSPS) is 13.1. The van der Waals surface area contributed by atoms with Gasteiger partial charge in [0.2, 0.25) is 0 Å². The fourth-order valence-corrected chi connectivity index (χ4v) is 22.8. The van der Waals surface area contributed by atoms with Gasteiger partial charge in [-0.25, -0.2) is 0 Å². The Morgan fingerprint density at radius 1 is 0.234 bits per heavy atom. The van der Waals surface area contributed by atoms with E-state index in [1.165, 1.54) is 43.8 Å². The van der Waals surface area contributed by atoms with Crippen molar-refractivity contribution in [1.82, 2.24) is 9.13 Å². The van der Waals surface area contributed by atoms with Crippen LogP contribution in [-0.2, 0) is 32.5 Å². The number of furan rings is 2. The van der Waals surface area contributed by atoms with E-state index < -0.39 is 17.5 Å². The van der Waals surface area contributed by atoms with Crippen LogP contribution in [0.15, 0.2) is 391 Å². The van der Waals surface area contributed by atoms with Crippen LogP contribution >= 0.6 is 0 Å². The third kappa shape index (κ3) is 14.5. The topological polar surface area (TPSA) is 49.1 Å². The lowest BCUT2D eigenvalue weighted by Crippen LogP contribution is -2.61. The number of nitrogens with zero attached hydrogens (tertiary/aromatic N) is 6. The largest absolute Gasteiger partial charge is 0.456 e. The number of hydrogen-bond donors (Lipinski definition) is 0. The zero-order chi connectivity index (χ0) is 97.0. The first-order valence-corrected chi connectivity index (χ1v) is 50.1. The summed E-state index contributed by atoms with van der Waals surface area (Å²) in [7, 11) is 0. The van der Waals surface area contributed by atoms with Crippen molar-refractivity contribution in [2.45, 2.75) is 157 Å². The van der Waals surface area contributed by atoms with Gasteiger partial charge in [0.25, 0.3) is 6.71 Å². The van der Waals surface area contributed by atoms with Gasteiger partial charge in [0.1, 0.15) is 22.3 Å². The Kier molecular flexibility index (Phi) is 20.3. The molecule has 0 bridgehead atoms. The van der Waals surface area contributed by atoms with E-state index in [-0.39, 0.29) is 21.7 Å². The van der Waals surface area contributed by atoms with Crippen molar-refractivity contribution in [1.29, 1.82) is 0 Å². The number of rotatable bonds is 13. The standard InChI is InChI=1S/C132H117BN6O2/c1-127(2,3)85-56-64-89(65-57-85)134(90-66-58-86(59-67-90)128(4,5)6)93-72-74-105-113(78-93)138(123-101(82-38-21-19-22-39-82)80-103(131(13,14)15)125-120(123)99-46-29-35-54-117(99)140-125)115-76-84(119-111(136-107-48-31-25-42-95(107)96-43-26-32-49-108(96)136)52-37-53-112(119)137-109-50-33-27-44-97(109)98-45-28-34-51-110(98)137)77-116-122(115)133(105)106-75-73-94(135(91-68-60-87(61-69-91)129(7,8)9)92-70-62-88(63-71-92)130(10,11)12)79-114(106)139(116)124-102(83-40-23-20-24-41-83)81-104(132(16,17)18)126-121(124)100-47-30-36-55-118(100)141-126/h19-81H,1-18H3. The first kappa shape index (κ1) is 88.1. The van der Waals surface area contributed by atoms with Crippen LogP contribution < -0.4 is 36.0 Å². The lowest BCUT2D eigenvalue weighted by atomic mass is 9.33. The summed E-state index contributed by atoms with van der Waals surface area (Å²) in [6.45, 7) is 41.3. The molecule has 0 N–H and O–H groups in total. The first-order chi connectivity index (χ1) is 67.8. The highest BCUT2D eigenvalue weighted by molar-refractivity contribution is 7.00. The highest BCUT2D eigenvalue weighted by Gasteiger charge is 2.48. The molecule has 0 atom stereocenters. The van der Waals surface area contributed by atoms with Crippen LogP contribution in [0.4, 0.5) is 68.2 Å². The Morgan fingerprint density at radius 2 is 0.525 bits per heavy atom. The summed E-state index contributed by atoms with van der Waals surface area (Å²) in [4.78, 5) is 10.5. The van der Waals surface area contributed by atoms with E-state index >= 15 is 0 Å². The molecule has 8 nitrogen and oxygen atoms in total. The molecule has 0 fully saturated rings. The van der Waals surface area contributed by atoms with Crippen LogP contribution in [0.3, 0.4) is 0 Å². The number of anilines is 12. The Balaban J connectivity index is 0.938. The van der Waals surface area contributed by atoms with E-state index in [2.05, 4.69) is 536 Å². The van der Waals surface area contributed by atoms with Gasteiger partial charge >= 0.3 is 0 Å². The maximum atomic E-state index is 7.73. The Labute approximate surface area is 828 Å². The average Bonchev–Trinajstić information content (AvgIpc) is 1.54. The maximum Gasteiger partial charge on any atom is 0.252 e. The van der Waals surface area contributed by atoms with Crippen molar-refractivity contribution < 1.29 is 8.83 Å². The molecule has 18 aromatic carbocycles. The van der Waals surface area contributed by atoms with E-state index in [9.17, 15) is 0 Å². The van der Waals surface area contributed by atoms with Crippen LogP contribution in [0, 0.1) is 0 Å². The molecule has 2 aliphatic rings. The number of para-hydroxylation sites is 6. The first-order valence-electron chi connectivity index (χ1n) is 50.1. The molecule has 0 aliphatic carbocycles. The smallest absolute Gasteiger partial charge is 0.252 e. The molecular weight excluding hydrogens is 1710 g/mol. The zero-order valence-corrected chi connectivity index (χ0v) is 84.0. The molecule has 0 saturated heterocycles. The minimum absolute atomic E-state index is 0.109. The van der Waals surface area contributed by atoms with Gasteiger partial charge in [0.05, 0.1) is 55.6 Å². The van der Waals surface area contributed by atoms with Gasteiger partial charge in [0, 0.05) is 117 Å². The van der Waals surface area contributed by atoms with E-state index in [1.54, 1.807) is 0 Å². The van der Waals surface area contributed by atoms with Crippen molar-refractivity contribution in [3.8, 4) is 44.8 Å². The summed E-state index contributed by atoms with van der Waals surface area (Å²) in [5.74, 6) is 0. The molecule has 24 rings (SSSR count). The number of hydrogen-bond acceptors (Lipinski definition) is 6. The highest BCUT2D eigenvalue weighted by atomic mass is 16.3. The summed E-state index contributed by atoms with van der Waals surface area (Å²) in [6, 6.07) is 146. The van der Waals surface area contributed by atoms with Gasteiger partial charge in [-0.15, -0.1) is 0 Å². The molecule has 6 heterocycles. The highest BCUT2D eigenvalue weighted by Crippen LogP contribution is 2.60. The lowest BCUT2D eigenvalue weighted by molar-refractivity contribution is 0.572. The minimum Gasteiger partial charge on any atom is -0.456 e. The Hall–Kier alpha value is -15.6. The van der Waals surface area contributed by atoms with Crippen LogP contribution in [0.25, 0.3) is 132 Å². The second kappa shape index (κ2) is 32.5. The number of aromatic nitrogens is 2. The zero-order valence-electron chi connectivity index (χ0n) is 84.0. The second-order valence-corrected chi connectivity index (χ2v) is 45.3. The minimum atomic E-state index is -0.471. The van der Waals surface area contributed by atoms with E-state index in [4.69, 9.17) is 8.83 Å². The quantitative estimate of drug-likeness (QED) is 0.107. The van der Waals surface area contributed by atoms with Crippen molar-refractivity contribution in [2.24, 2.45) is 0 Å². The van der Waals surface area contributed by atoms with Gasteiger partial charge < -0.3 is 37.6 Å². The fraction of sp³-hybridized carbons (Fsp3) is 0.182. The molecule has 141 heavy (non-hydrogen) atoms. The second-order valence-electron chi connectivity index (χ2n) is 45.3. The predicted octanol–water partition coefficient (Wildman–Crippen LogP) is 35.5. The monoisotopic (exact) mass is 1830 g/mol. The molecule has 2 aliphatic heterocycles. The molecular formula is C132H117BN6O2.